The van der Waals surface area contributed by atoms with Crippen LogP contribution in [0.15, 0.2) is 72.9 Å². The maximum absolute atomic E-state index is 13.3. The molecule has 1 atom stereocenters. The van der Waals surface area contributed by atoms with Crippen molar-refractivity contribution in [1.82, 2.24) is 4.57 Å². The van der Waals surface area contributed by atoms with Gasteiger partial charge in [-0.05, 0) is 59.8 Å². The minimum Gasteiger partial charge on any atom is -0.376 e. The number of alkyl halides is 3. The molecule has 2 N–H and O–H groups in total. The van der Waals surface area contributed by atoms with E-state index in [4.69, 9.17) is 0 Å². The van der Waals surface area contributed by atoms with Crippen LogP contribution >= 0.6 is 0 Å². The van der Waals surface area contributed by atoms with Crippen LogP contribution in [0.3, 0.4) is 0 Å². The van der Waals surface area contributed by atoms with Gasteiger partial charge in [0.1, 0.15) is 0 Å². The van der Waals surface area contributed by atoms with Gasteiger partial charge < -0.3 is 15.2 Å². The number of amides is 1. The maximum atomic E-state index is 13.3. The second-order valence-corrected chi connectivity index (χ2v) is 8.00. The first-order valence-corrected chi connectivity index (χ1v) is 10.2. The fourth-order valence-electron chi connectivity index (χ4n) is 4.26. The van der Waals surface area contributed by atoms with Crippen LogP contribution in [0.25, 0.3) is 16.6 Å². The lowest BCUT2D eigenvalue weighted by Gasteiger charge is -2.20. The molecule has 0 radical (unpaired) electrons. The molecule has 32 heavy (non-hydrogen) atoms. The molecule has 3 aromatic carbocycles. The van der Waals surface area contributed by atoms with Crippen LogP contribution in [0.2, 0.25) is 0 Å². The molecule has 4 nitrogen and oxygen atoms in total. The number of carbonyl (C=O) groups excluding carboxylic acids is 1. The van der Waals surface area contributed by atoms with Gasteiger partial charge >= 0.3 is 6.18 Å². The first-order chi connectivity index (χ1) is 15.3. The minimum atomic E-state index is -4.48. The predicted octanol–water partition coefficient (Wildman–Crippen LogP) is 6.45. The van der Waals surface area contributed by atoms with Crippen molar-refractivity contribution in [3.05, 3.63) is 89.6 Å². The van der Waals surface area contributed by atoms with Crippen molar-refractivity contribution in [2.24, 2.45) is 0 Å². The molecule has 0 fully saturated rings. The molecule has 1 unspecified atom stereocenters. The topological polar surface area (TPSA) is 46.1 Å². The molecule has 0 aliphatic carbocycles. The zero-order valence-corrected chi connectivity index (χ0v) is 17.2. The van der Waals surface area contributed by atoms with Gasteiger partial charge in [-0.25, -0.2) is 0 Å². The van der Waals surface area contributed by atoms with E-state index in [-0.39, 0.29) is 29.6 Å². The Kier molecular flexibility index (Phi) is 4.69. The van der Waals surface area contributed by atoms with Crippen LogP contribution < -0.4 is 10.6 Å². The Bertz CT molecular complexity index is 1340. The van der Waals surface area contributed by atoms with Gasteiger partial charge in [0.25, 0.3) is 0 Å². The van der Waals surface area contributed by atoms with Crippen molar-refractivity contribution in [1.29, 1.82) is 0 Å². The highest BCUT2D eigenvalue weighted by molar-refractivity contribution is 5.97. The molecule has 162 valence electrons. The van der Waals surface area contributed by atoms with Crippen molar-refractivity contribution >= 4 is 28.2 Å². The van der Waals surface area contributed by atoms with Gasteiger partial charge in [0.15, 0.2) is 0 Å². The van der Waals surface area contributed by atoms with Gasteiger partial charge in [-0.2, -0.15) is 13.2 Å². The van der Waals surface area contributed by atoms with Gasteiger partial charge in [0.05, 0.1) is 34.9 Å². The monoisotopic (exact) mass is 435 g/mol. The number of rotatable bonds is 2. The first kappa shape index (κ1) is 20.2. The number of hydrogen-bond donors (Lipinski definition) is 2. The van der Waals surface area contributed by atoms with Gasteiger partial charge in [0.2, 0.25) is 5.91 Å². The summed E-state index contributed by atoms with van der Waals surface area (Å²) >= 11 is 0. The minimum absolute atomic E-state index is 0.102. The molecule has 1 amide bonds. The summed E-state index contributed by atoms with van der Waals surface area (Å²) in [6.07, 6.45) is -2.39. The van der Waals surface area contributed by atoms with Crippen LogP contribution in [0, 0.1) is 6.92 Å². The third-order valence-corrected chi connectivity index (χ3v) is 5.81. The molecule has 7 heteroatoms. The van der Waals surface area contributed by atoms with Crippen LogP contribution in [0.1, 0.15) is 29.2 Å². The largest absolute Gasteiger partial charge is 0.416 e. The lowest BCUT2D eigenvalue weighted by Crippen LogP contribution is -2.16. The van der Waals surface area contributed by atoms with Crippen LogP contribution in [0.5, 0.6) is 0 Å². The van der Waals surface area contributed by atoms with Gasteiger partial charge in [0, 0.05) is 11.9 Å². The maximum Gasteiger partial charge on any atom is 0.416 e. The number of aromatic nitrogens is 1. The van der Waals surface area contributed by atoms with Crippen molar-refractivity contribution in [3.63, 3.8) is 0 Å². The Labute approximate surface area is 182 Å². The van der Waals surface area contributed by atoms with Crippen molar-refractivity contribution < 1.29 is 18.0 Å². The third kappa shape index (κ3) is 3.60. The number of aryl methyl sites for hydroxylation is 1. The van der Waals surface area contributed by atoms with Gasteiger partial charge in [-0.15, -0.1) is 0 Å². The fraction of sp³-hybridized carbons (Fsp3) is 0.160. The highest BCUT2D eigenvalue weighted by Crippen LogP contribution is 2.40. The zero-order valence-electron chi connectivity index (χ0n) is 17.2. The van der Waals surface area contributed by atoms with Crippen molar-refractivity contribution in [3.8, 4) is 5.69 Å². The number of para-hydroxylation sites is 1. The summed E-state index contributed by atoms with van der Waals surface area (Å²) in [6.45, 7) is 1.42. The van der Waals surface area contributed by atoms with Crippen molar-refractivity contribution in [2.45, 2.75) is 25.6 Å². The lowest BCUT2D eigenvalue weighted by molar-refractivity contribution is -0.138. The van der Waals surface area contributed by atoms with Crippen molar-refractivity contribution in [2.75, 3.05) is 10.6 Å². The first-order valence-electron chi connectivity index (χ1n) is 10.2. The van der Waals surface area contributed by atoms with E-state index in [0.29, 0.717) is 5.69 Å². The number of nitrogens with one attached hydrogen (secondary N) is 2. The van der Waals surface area contributed by atoms with E-state index in [1.165, 1.54) is 13.0 Å². The van der Waals surface area contributed by atoms with Gasteiger partial charge in [-0.3, -0.25) is 4.79 Å². The van der Waals surface area contributed by atoms with E-state index in [0.717, 1.165) is 28.2 Å². The molecule has 2 heterocycles. The number of anilines is 2. The van der Waals surface area contributed by atoms with E-state index in [2.05, 4.69) is 15.2 Å². The summed E-state index contributed by atoms with van der Waals surface area (Å²) in [5, 5.41) is 7.02. The predicted molar refractivity (Wildman–Crippen MR) is 119 cm³/mol. The van der Waals surface area contributed by atoms with E-state index < -0.39 is 11.7 Å². The van der Waals surface area contributed by atoms with Gasteiger partial charge in [-0.1, -0.05) is 30.3 Å². The summed E-state index contributed by atoms with van der Waals surface area (Å²) in [7, 11) is 0. The molecular formula is C25H20F3N3O. The van der Waals surface area contributed by atoms with Crippen LogP contribution in [0.4, 0.5) is 24.5 Å². The third-order valence-electron chi connectivity index (χ3n) is 5.81. The molecule has 0 bridgehead atoms. The number of nitrogens with zero attached hydrogens (tertiary/aromatic N) is 1. The summed E-state index contributed by atoms with van der Waals surface area (Å²) in [4.78, 5) is 12.5. The summed E-state index contributed by atoms with van der Waals surface area (Å²) < 4.78 is 42.0. The summed E-state index contributed by atoms with van der Waals surface area (Å²) in [5.74, 6) is -0.338. The molecule has 1 aromatic heterocycles. The van der Waals surface area contributed by atoms with Crippen LogP contribution in [-0.4, -0.2) is 10.5 Å². The Balaban J connectivity index is 1.53. The molecule has 0 spiro atoms. The summed E-state index contributed by atoms with van der Waals surface area (Å²) in [6, 6.07) is 20.0. The fourth-order valence-corrected chi connectivity index (χ4v) is 4.26. The Morgan fingerprint density at radius 3 is 2.59 bits per heavy atom. The molecule has 1 aliphatic heterocycles. The quantitative estimate of drug-likeness (QED) is 0.380. The number of hydrogen-bond acceptors (Lipinski definition) is 2. The highest BCUT2D eigenvalue weighted by atomic mass is 19.4. The molecule has 0 saturated carbocycles. The Morgan fingerprint density at radius 2 is 1.78 bits per heavy atom. The number of benzene rings is 3. The van der Waals surface area contributed by atoms with E-state index in [1.54, 1.807) is 0 Å². The molecular weight excluding hydrogens is 415 g/mol. The zero-order chi connectivity index (χ0) is 22.5. The normalized spacial score (nSPS) is 16.2. The summed E-state index contributed by atoms with van der Waals surface area (Å²) in [5.41, 5.74) is 2.85. The Morgan fingerprint density at radius 1 is 0.969 bits per heavy atom. The molecule has 4 aromatic rings. The second kappa shape index (κ2) is 7.44. The number of halogens is 3. The van der Waals surface area contributed by atoms with E-state index >= 15 is 0 Å². The van der Waals surface area contributed by atoms with Crippen LogP contribution in [-0.2, 0) is 11.0 Å². The number of fused-ring (bicyclic) bond motifs is 2. The van der Waals surface area contributed by atoms with E-state index in [1.807, 2.05) is 60.8 Å². The highest BCUT2D eigenvalue weighted by Gasteiger charge is 2.34. The van der Waals surface area contributed by atoms with E-state index in [9.17, 15) is 18.0 Å². The Hall–Kier alpha value is -3.74. The standard InChI is InChI=1S/C25H20F3N3O/c1-15-11-21-22(13-19(15)25(26,27)28)30-24(32)14-20(29-21)17-6-4-7-18(12-17)31-10-9-16-5-2-3-8-23(16)31/h2-13,20,29H,14H2,1H3,(H,30,32). The average molecular weight is 435 g/mol. The smallest absolute Gasteiger partial charge is 0.376 e. The molecule has 0 saturated heterocycles. The average Bonchev–Trinajstić information content (AvgIpc) is 3.11. The SMILES string of the molecule is Cc1cc2c(cc1C(F)(F)F)NC(=O)CC(c1cccc(-n3ccc4ccccc43)c1)N2. The number of carbonyl (C=O) groups is 1. The molecule has 5 rings (SSSR count). The lowest BCUT2D eigenvalue weighted by atomic mass is 10.0. The molecule has 1 aliphatic rings. The second-order valence-electron chi connectivity index (χ2n) is 8.00.